The summed E-state index contributed by atoms with van der Waals surface area (Å²) in [5.74, 6) is 0.221. The van der Waals surface area contributed by atoms with Crippen molar-refractivity contribution in [3.8, 4) is 0 Å². The third-order valence-electron chi connectivity index (χ3n) is 3.24. The van der Waals surface area contributed by atoms with Crippen molar-refractivity contribution in [1.29, 1.82) is 0 Å². The molecule has 0 saturated carbocycles. The second-order valence-corrected chi connectivity index (χ2v) is 4.74. The SMILES string of the molecule is Cc1ccccc1N1CCCNC(C)CC1=O. The number of hydrogen-bond acceptors (Lipinski definition) is 2. The highest BCUT2D eigenvalue weighted by Crippen LogP contribution is 2.21. The summed E-state index contributed by atoms with van der Waals surface area (Å²) in [5.41, 5.74) is 2.23. The van der Waals surface area contributed by atoms with Gasteiger partial charge in [0.1, 0.15) is 0 Å². The van der Waals surface area contributed by atoms with Gasteiger partial charge in [-0.05, 0) is 38.4 Å². The molecule has 1 aliphatic rings. The molecule has 0 aromatic heterocycles. The van der Waals surface area contributed by atoms with E-state index in [-0.39, 0.29) is 11.9 Å². The molecule has 1 atom stereocenters. The summed E-state index contributed by atoms with van der Waals surface area (Å²) in [7, 11) is 0. The summed E-state index contributed by atoms with van der Waals surface area (Å²) in [4.78, 5) is 14.2. The number of amides is 1. The zero-order valence-corrected chi connectivity index (χ0v) is 10.6. The normalized spacial score (nSPS) is 22.1. The van der Waals surface area contributed by atoms with Gasteiger partial charge in [-0.1, -0.05) is 18.2 Å². The van der Waals surface area contributed by atoms with Crippen LogP contribution in [0.25, 0.3) is 0 Å². The average Bonchev–Trinajstić information content (AvgIpc) is 2.28. The standard InChI is InChI=1S/C14H20N2O/c1-11-6-3-4-7-13(11)16-9-5-8-15-12(2)10-14(16)17/h3-4,6-7,12,15H,5,8-10H2,1-2H3. The molecule has 1 heterocycles. The van der Waals surface area contributed by atoms with Crippen molar-refractivity contribution < 1.29 is 4.79 Å². The minimum atomic E-state index is 0.221. The van der Waals surface area contributed by atoms with Crippen molar-refractivity contribution in [2.75, 3.05) is 18.0 Å². The van der Waals surface area contributed by atoms with Gasteiger partial charge in [0.05, 0.1) is 0 Å². The first-order chi connectivity index (χ1) is 8.18. The van der Waals surface area contributed by atoms with Crippen LogP contribution in [-0.4, -0.2) is 25.0 Å². The highest BCUT2D eigenvalue weighted by atomic mass is 16.2. The highest BCUT2D eigenvalue weighted by molar-refractivity contribution is 5.94. The van der Waals surface area contributed by atoms with Crippen molar-refractivity contribution in [3.05, 3.63) is 29.8 Å². The molecule has 1 saturated heterocycles. The van der Waals surface area contributed by atoms with Crippen molar-refractivity contribution in [1.82, 2.24) is 5.32 Å². The molecule has 0 spiro atoms. The molecule has 3 heteroatoms. The van der Waals surface area contributed by atoms with E-state index in [2.05, 4.69) is 25.2 Å². The van der Waals surface area contributed by atoms with Gasteiger partial charge in [0.15, 0.2) is 0 Å². The van der Waals surface area contributed by atoms with E-state index in [0.717, 1.165) is 25.2 Å². The van der Waals surface area contributed by atoms with Gasteiger partial charge >= 0.3 is 0 Å². The van der Waals surface area contributed by atoms with Crippen molar-refractivity contribution in [3.63, 3.8) is 0 Å². The maximum atomic E-state index is 12.2. The second-order valence-electron chi connectivity index (χ2n) is 4.74. The van der Waals surface area contributed by atoms with Gasteiger partial charge in [-0.2, -0.15) is 0 Å². The van der Waals surface area contributed by atoms with Crippen molar-refractivity contribution >= 4 is 11.6 Å². The summed E-state index contributed by atoms with van der Waals surface area (Å²) < 4.78 is 0. The summed E-state index contributed by atoms with van der Waals surface area (Å²) in [5, 5.41) is 3.35. The highest BCUT2D eigenvalue weighted by Gasteiger charge is 2.21. The Kier molecular flexibility index (Phi) is 3.79. The molecule has 0 radical (unpaired) electrons. The quantitative estimate of drug-likeness (QED) is 0.804. The molecular weight excluding hydrogens is 212 g/mol. The Labute approximate surface area is 103 Å². The lowest BCUT2D eigenvalue weighted by molar-refractivity contribution is -0.119. The third kappa shape index (κ3) is 2.86. The number of benzene rings is 1. The van der Waals surface area contributed by atoms with Crippen molar-refractivity contribution in [2.24, 2.45) is 0 Å². The monoisotopic (exact) mass is 232 g/mol. The largest absolute Gasteiger partial charge is 0.314 e. The Morgan fingerprint density at radius 2 is 2.12 bits per heavy atom. The molecule has 1 unspecified atom stereocenters. The van der Waals surface area contributed by atoms with Crippen LogP contribution in [0.4, 0.5) is 5.69 Å². The molecule has 1 N–H and O–H groups in total. The molecule has 1 fully saturated rings. The molecule has 0 bridgehead atoms. The Morgan fingerprint density at radius 3 is 2.88 bits per heavy atom. The van der Waals surface area contributed by atoms with Crippen LogP contribution in [0.3, 0.4) is 0 Å². The fourth-order valence-electron chi connectivity index (χ4n) is 2.28. The van der Waals surface area contributed by atoms with E-state index in [1.165, 1.54) is 5.56 Å². The van der Waals surface area contributed by atoms with Gasteiger partial charge in [0.25, 0.3) is 0 Å². The van der Waals surface area contributed by atoms with E-state index in [1.807, 2.05) is 23.1 Å². The molecule has 1 amide bonds. The number of anilines is 1. The van der Waals surface area contributed by atoms with Crippen LogP contribution in [-0.2, 0) is 4.79 Å². The lowest BCUT2D eigenvalue weighted by Gasteiger charge is -2.28. The number of carbonyl (C=O) groups excluding carboxylic acids is 1. The van der Waals surface area contributed by atoms with E-state index in [9.17, 15) is 4.79 Å². The summed E-state index contributed by atoms with van der Waals surface area (Å²) in [6.07, 6.45) is 1.58. The molecule has 3 nitrogen and oxygen atoms in total. The summed E-state index contributed by atoms with van der Waals surface area (Å²) in [6.45, 7) is 5.92. The fraction of sp³-hybridized carbons (Fsp3) is 0.500. The maximum Gasteiger partial charge on any atom is 0.228 e. The zero-order chi connectivity index (χ0) is 12.3. The number of carbonyl (C=O) groups is 1. The molecule has 17 heavy (non-hydrogen) atoms. The first-order valence-electron chi connectivity index (χ1n) is 6.28. The number of para-hydroxylation sites is 1. The number of nitrogens with zero attached hydrogens (tertiary/aromatic N) is 1. The first kappa shape index (κ1) is 12.1. The Morgan fingerprint density at radius 1 is 1.35 bits per heavy atom. The zero-order valence-electron chi connectivity index (χ0n) is 10.6. The lowest BCUT2D eigenvalue weighted by Crippen LogP contribution is -2.42. The van der Waals surface area contributed by atoms with Crippen LogP contribution < -0.4 is 10.2 Å². The first-order valence-corrected chi connectivity index (χ1v) is 6.28. The molecular formula is C14H20N2O. The van der Waals surface area contributed by atoms with Gasteiger partial charge in [-0.15, -0.1) is 0 Å². The Balaban J connectivity index is 2.23. The van der Waals surface area contributed by atoms with E-state index in [1.54, 1.807) is 0 Å². The van der Waals surface area contributed by atoms with E-state index >= 15 is 0 Å². The van der Waals surface area contributed by atoms with Gasteiger partial charge in [-0.25, -0.2) is 0 Å². The molecule has 1 aromatic rings. The number of nitrogens with one attached hydrogen (secondary N) is 1. The number of aryl methyl sites for hydroxylation is 1. The van der Waals surface area contributed by atoms with E-state index < -0.39 is 0 Å². The maximum absolute atomic E-state index is 12.2. The second kappa shape index (κ2) is 5.32. The van der Waals surface area contributed by atoms with Crippen molar-refractivity contribution in [2.45, 2.75) is 32.7 Å². The van der Waals surface area contributed by atoms with Crippen LogP contribution in [0.1, 0.15) is 25.3 Å². The minimum Gasteiger partial charge on any atom is -0.314 e. The fourth-order valence-corrected chi connectivity index (χ4v) is 2.28. The predicted molar refractivity (Wildman–Crippen MR) is 70.2 cm³/mol. The van der Waals surface area contributed by atoms with Gasteiger partial charge < -0.3 is 10.2 Å². The van der Waals surface area contributed by atoms with E-state index in [0.29, 0.717) is 6.42 Å². The van der Waals surface area contributed by atoms with Crippen LogP contribution in [0.15, 0.2) is 24.3 Å². The Bertz CT molecular complexity index is 403. The van der Waals surface area contributed by atoms with E-state index in [4.69, 9.17) is 0 Å². The van der Waals surface area contributed by atoms with Gasteiger partial charge in [0.2, 0.25) is 5.91 Å². The molecule has 0 aliphatic carbocycles. The van der Waals surface area contributed by atoms with Crippen LogP contribution in [0.5, 0.6) is 0 Å². The molecule has 2 rings (SSSR count). The van der Waals surface area contributed by atoms with Crippen LogP contribution >= 0.6 is 0 Å². The molecule has 1 aromatic carbocycles. The van der Waals surface area contributed by atoms with Gasteiger partial charge in [0, 0.05) is 24.7 Å². The predicted octanol–water partition coefficient (Wildman–Crippen LogP) is 2.10. The number of rotatable bonds is 1. The number of hydrogen-bond donors (Lipinski definition) is 1. The molecule has 92 valence electrons. The Hall–Kier alpha value is -1.35. The van der Waals surface area contributed by atoms with Crippen LogP contribution in [0.2, 0.25) is 0 Å². The lowest BCUT2D eigenvalue weighted by atomic mass is 10.1. The minimum absolute atomic E-state index is 0.221. The molecule has 1 aliphatic heterocycles. The third-order valence-corrected chi connectivity index (χ3v) is 3.24. The average molecular weight is 232 g/mol. The topological polar surface area (TPSA) is 32.3 Å². The summed E-state index contributed by atoms with van der Waals surface area (Å²) in [6, 6.07) is 8.37. The smallest absolute Gasteiger partial charge is 0.228 e. The summed E-state index contributed by atoms with van der Waals surface area (Å²) >= 11 is 0. The van der Waals surface area contributed by atoms with Crippen LogP contribution in [0, 0.1) is 6.92 Å². The van der Waals surface area contributed by atoms with Gasteiger partial charge in [-0.3, -0.25) is 4.79 Å².